The molecule has 2 aromatic heterocycles. The quantitative estimate of drug-likeness (QED) is 0.328. The lowest BCUT2D eigenvalue weighted by Gasteiger charge is -2.27. The summed E-state index contributed by atoms with van der Waals surface area (Å²) in [7, 11) is 1.66. The van der Waals surface area contributed by atoms with Crippen LogP contribution in [0.15, 0.2) is 30.5 Å². The Morgan fingerprint density at radius 1 is 1.19 bits per heavy atom. The lowest BCUT2D eigenvalue weighted by Crippen LogP contribution is -2.47. The van der Waals surface area contributed by atoms with Gasteiger partial charge in [-0.3, -0.25) is 4.79 Å². The second kappa shape index (κ2) is 12.5. The smallest absolute Gasteiger partial charge is 0.248 e. The molecule has 10 heteroatoms. The number of methoxy groups -OCH3 is 1. The van der Waals surface area contributed by atoms with Gasteiger partial charge in [0.1, 0.15) is 17.9 Å². The number of hydrogen-bond acceptors (Lipinski definition) is 8. The number of benzene rings is 1. The van der Waals surface area contributed by atoms with Crippen molar-refractivity contribution in [2.75, 3.05) is 57.5 Å². The van der Waals surface area contributed by atoms with Gasteiger partial charge in [-0.25, -0.2) is 4.98 Å². The fourth-order valence-electron chi connectivity index (χ4n) is 4.42. The standard InChI is InChI=1S/C26H37N7O3/c1-3-4-5-9-29-25-24-21(30-26(27)31-25)8-12-33(24)16-20-7-6-19(15-22(20)35-2)17-36-18-23(34)32-13-10-28-11-14-32/h6-8,12,15,28H,3-5,9-11,13-14,16-18H2,1-2H3,(H3,27,29,30,31). The molecule has 4 N–H and O–H groups in total. The molecular weight excluding hydrogens is 458 g/mol. The Hall–Kier alpha value is -3.37. The molecular formula is C26H37N7O3. The summed E-state index contributed by atoms with van der Waals surface area (Å²) in [5.74, 6) is 1.80. The summed E-state index contributed by atoms with van der Waals surface area (Å²) in [5, 5.41) is 6.68. The molecule has 0 unspecified atom stereocenters. The number of aromatic nitrogens is 3. The Labute approximate surface area is 212 Å². The molecule has 4 rings (SSSR count). The molecule has 0 bridgehead atoms. The summed E-state index contributed by atoms with van der Waals surface area (Å²) in [6.07, 6.45) is 5.39. The maximum absolute atomic E-state index is 12.3. The number of carbonyl (C=O) groups is 1. The molecule has 1 aliphatic heterocycles. The molecule has 0 radical (unpaired) electrons. The van der Waals surface area contributed by atoms with Crippen LogP contribution in [0.3, 0.4) is 0 Å². The minimum Gasteiger partial charge on any atom is -0.496 e. The van der Waals surface area contributed by atoms with E-state index in [-0.39, 0.29) is 18.5 Å². The predicted octanol–water partition coefficient (Wildman–Crippen LogP) is 2.62. The Morgan fingerprint density at radius 2 is 2.03 bits per heavy atom. The molecule has 1 fully saturated rings. The van der Waals surface area contributed by atoms with Gasteiger partial charge in [0.25, 0.3) is 0 Å². The number of ether oxygens (including phenoxy) is 2. The SMILES string of the molecule is CCCCCNc1nc(N)nc2ccn(Cc3ccc(COCC(=O)N4CCNCC4)cc3OC)c12. The third-order valence-electron chi connectivity index (χ3n) is 6.36. The first-order valence-electron chi connectivity index (χ1n) is 12.7. The van der Waals surface area contributed by atoms with E-state index in [2.05, 4.69) is 32.1 Å². The maximum atomic E-state index is 12.3. The van der Waals surface area contributed by atoms with Crippen molar-refractivity contribution in [3.8, 4) is 5.75 Å². The van der Waals surface area contributed by atoms with Gasteiger partial charge in [0.15, 0.2) is 5.82 Å². The van der Waals surface area contributed by atoms with Gasteiger partial charge in [-0.15, -0.1) is 0 Å². The zero-order chi connectivity index (χ0) is 25.3. The van der Waals surface area contributed by atoms with Gasteiger partial charge in [0.2, 0.25) is 11.9 Å². The van der Waals surface area contributed by atoms with Gasteiger partial charge >= 0.3 is 0 Å². The van der Waals surface area contributed by atoms with Gasteiger partial charge in [0, 0.05) is 44.5 Å². The summed E-state index contributed by atoms with van der Waals surface area (Å²) in [6.45, 7) is 7.15. The van der Waals surface area contributed by atoms with Crippen molar-refractivity contribution in [2.45, 2.75) is 39.3 Å². The number of nitrogen functional groups attached to an aromatic ring is 1. The summed E-state index contributed by atoms with van der Waals surface area (Å²) in [5.41, 5.74) is 9.64. The van der Waals surface area contributed by atoms with Gasteiger partial charge in [-0.2, -0.15) is 4.98 Å². The van der Waals surface area contributed by atoms with Crippen LogP contribution < -0.4 is 21.1 Å². The van der Waals surface area contributed by atoms with Crippen molar-refractivity contribution >= 4 is 28.7 Å². The first kappa shape index (κ1) is 25.7. The summed E-state index contributed by atoms with van der Waals surface area (Å²) < 4.78 is 13.5. The summed E-state index contributed by atoms with van der Waals surface area (Å²) >= 11 is 0. The lowest BCUT2D eigenvalue weighted by molar-refractivity contribution is -0.137. The van der Waals surface area contributed by atoms with Crippen LogP contribution in [0.5, 0.6) is 5.75 Å². The van der Waals surface area contributed by atoms with Crippen molar-refractivity contribution < 1.29 is 14.3 Å². The highest BCUT2D eigenvalue weighted by Crippen LogP contribution is 2.27. The van der Waals surface area contributed by atoms with Crippen LogP contribution in [0, 0.1) is 0 Å². The van der Waals surface area contributed by atoms with Crippen LogP contribution in [0.2, 0.25) is 0 Å². The molecule has 0 atom stereocenters. The van der Waals surface area contributed by atoms with Crippen LogP contribution in [0.1, 0.15) is 37.3 Å². The van der Waals surface area contributed by atoms with Crippen molar-refractivity contribution in [2.24, 2.45) is 0 Å². The number of unbranched alkanes of at least 4 members (excludes halogenated alkanes) is 2. The fraction of sp³-hybridized carbons (Fsp3) is 0.500. The zero-order valence-corrected chi connectivity index (χ0v) is 21.3. The van der Waals surface area contributed by atoms with E-state index in [1.54, 1.807) is 7.11 Å². The number of rotatable bonds is 12. The number of hydrogen-bond donors (Lipinski definition) is 3. The predicted molar refractivity (Wildman–Crippen MR) is 141 cm³/mol. The fourth-order valence-corrected chi connectivity index (χ4v) is 4.42. The summed E-state index contributed by atoms with van der Waals surface area (Å²) in [4.78, 5) is 23.0. The van der Waals surface area contributed by atoms with Crippen molar-refractivity contribution in [3.63, 3.8) is 0 Å². The van der Waals surface area contributed by atoms with E-state index in [9.17, 15) is 4.79 Å². The molecule has 1 aliphatic rings. The Kier molecular flexibility index (Phi) is 8.96. The van der Waals surface area contributed by atoms with E-state index in [0.29, 0.717) is 13.2 Å². The van der Waals surface area contributed by atoms with E-state index in [0.717, 1.165) is 85.7 Å². The van der Waals surface area contributed by atoms with Crippen molar-refractivity contribution in [1.29, 1.82) is 0 Å². The Balaban J connectivity index is 1.43. The molecule has 0 saturated carbocycles. The van der Waals surface area contributed by atoms with E-state index < -0.39 is 0 Å². The molecule has 0 spiro atoms. The molecule has 10 nitrogen and oxygen atoms in total. The minimum atomic E-state index is 0.0292. The van der Waals surface area contributed by atoms with Crippen molar-refractivity contribution in [3.05, 3.63) is 41.6 Å². The third-order valence-corrected chi connectivity index (χ3v) is 6.36. The lowest BCUT2D eigenvalue weighted by atomic mass is 10.1. The minimum absolute atomic E-state index is 0.0292. The largest absolute Gasteiger partial charge is 0.496 e. The van der Waals surface area contributed by atoms with E-state index in [1.165, 1.54) is 0 Å². The van der Waals surface area contributed by atoms with Gasteiger partial charge in [0.05, 0.1) is 25.8 Å². The first-order valence-corrected chi connectivity index (χ1v) is 12.7. The van der Waals surface area contributed by atoms with E-state index in [1.807, 2.05) is 35.4 Å². The molecule has 3 heterocycles. The number of amides is 1. The van der Waals surface area contributed by atoms with Crippen LogP contribution in [0.4, 0.5) is 11.8 Å². The third kappa shape index (κ3) is 6.44. The monoisotopic (exact) mass is 495 g/mol. The number of anilines is 2. The highest BCUT2D eigenvalue weighted by atomic mass is 16.5. The number of nitrogens with two attached hydrogens (primary N) is 1. The average Bonchev–Trinajstić information content (AvgIpc) is 3.30. The molecule has 36 heavy (non-hydrogen) atoms. The number of carbonyl (C=O) groups excluding carboxylic acids is 1. The van der Waals surface area contributed by atoms with Gasteiger partial charge in [-0.05, 0) is 24.1 Å². The van der Waals surface area contributed by atoms with Crippen LogP contribution >= 0.6 is 0 Å². The molecule has 3 aromatic rings. The van der Waals surface area contributed by atoms with Crippen LogP contribution in [0.25, 0.3) is 11.0 Å². The van der Waals surface area contributed by atoms with E-state index >= 15 is 0 Å². The Bertz CT molecular complexity index is 1160. The van der Waals surface area contributed by atoms with Crippen molar-refractivity contribution in [1.82, 2.24) is 24.8 Å². The highest BCUT2D eigenvalue weighted by Gasteiger charge is 2.17. The molecule has 1 saturated heterocycles. The normalized spacial score (nSPS) is 13.8. The summed E-state index contributed by atoms with van der Waals surface area (Å²) in [6, 6.07) is 7.97. The number of fused-ring (bicyclic) bond motifs is 1. The second-order valence-electron chi connectivity index (χ2n) is 9.01. The molecule has 0 aliphatic carbocycles. The second-order valence-corrected chi connectivity index (χ2v) is 9.01. The highest BCUT2D eigenvalue weighted by molar-refractivity contribution is 5.87. The van der Waals surface area contributed by atoms with Gasteiger partial charge < -0.3 is 35.3 Å². The number of piperazine rings is 1. The molecule has 1 aromatic carbocycles. The van der Waals surface area contributed by atoms with Gasteiger partial charge in [-0.1, -0.05) is 31.9 Å². The van der Waals surface area contributed by atoms with Crippen LogP contribution in [-0.4, -0.2) is 71.8 Å². The average molecular weight is 496 g/mol. The number of nitrogens with one attached hydrogen (secondary N) is 2. The maximum Gasteiger partial charge on any atom is 0.248 e. The molecule has 1 amide bonds. The number of nitrogens with zero attached hydrogens (tertiary/aromatic N) is 4. The van der Waals surface area contributed by atoms with Crippen LogP contribution in [-0.2, 0) is 22.7 Å². The zero-order valence-electron chi connectivity index (χ0n) is 21.3. The van der Waals surface area contributed by atoms with E-state index in [4.69, 9.17) is 15.2 Å². The molecule has 194 valence electrons. The first-order chi connectivity index (χ1) is 17.6. The topological polar surface area (TPSA) is 120 Å². The Morgan fingerprint density at radius 3 is 2.81 bits per heavy atom.